The van der Waals surface area contributed by atoms with E-state index < -0.39 is 0 Å². The molecule has 2 aliphatic rings. The van der Waals surface area contributed by atoms with Gasteiger partial charge in [-0.15, -0.1) is 0 Å². The van der Waals surface area contributed by atoms with Crippen molar-refractivity contribution in [3.05, 3.63) is 60.7 Å². The minimum atomic E-state index is 0.233. The summed E-state index contributed by atoms with van der Waals surface area (Å²) in [5.41, 5.74) is 2.20. The van der Waals surface area contributed by atoms with Crippen LogP contribution in [0.3, 0.4) is 0 Å². The number of halogens is 1. The molecule has 2 heterocycles. The van der Waals surface area contributed by atoms with Gasteiger partial charge in [-0.3, -0.25) is 0 Å². The van der Waals surface area contributed by atoms with Crippen LogP contribution < -0.4 is 0 Å². The monoisotopic (exact) mass is 596 g/mol. The van der Waals surface area contributed by atoms with E-state index >= 15 is 0 Å². The van der Waals surface area contributed by atoms with Crippen LogP contribution in [-0.2, 0) is 18.2 Å². The summed E-state index contributed by atoms with van der Waals surface area (Å²) in [6.07, 6.45) is 8.74. The van der Waals surface area contributed by atoms with Gasteiger partial charge >= 0.3 is 27.7 Å². The van der Waals surface area contributed by atoms with E-state index in [-0.39, 0.29) is 22.2 Å². The molecule has 0 unspecified atom stereocenters. The van der Waals surface area contributed by atoms with Crippen molar-refractivity contribution in [2.24, 2.45) is 0 Å². The molecule has 0 amide bonds. The second-order valence-electron chi connectivity index (χ2n) is 13.0. The van der Waals surface area contributed by atoms with Gasteiger partial charge in [0.2, 0.25) is 0 Å². The maximum absolute atomic E-state index is 4.49. The van der Waals surface area contributed by atoms with E-state index in [1.165, 1.54) is 5.56 Å². The summed E-state index contributed by atoms with van der Waals surface area (Å²) in [6, 6.07) is 10.8. The Morgan fingerprint density at radius 1 is 0.629 bits per heavy atom. The van der Waals surface area contributed by atoms with Gasteiger partial charge in [-0.05, 0) is 83.1 Å². The van der Waals surface area contributed by atoms with Crippen LogP contribution in [0.2, 0.25) is 0 Å². The normalized spacial score (nSPS) is 15.8. The SMILES string of the molecule is CC(C)(C)N1C=CN(C(C)(C)C)C1.CC(C)(C)N1C=CN(C(C)(C)C)C1.Cc1c[c-]ccc1.[Cl][Pd+]. The molecular weight excluding hydrogens is 546 g/mol. The zero-order valence-electron chi connectivity index (χ0n) is 24.5. The Labute approximate surface area is 232 Å². The zero-order chi connectivity index (χ0) is 27.7. The Bertz CT molecular complexity index is 673. The molecule has 0 fully saturated rings. The van der Waals surface area contributed by atoms with E-state index in [4.69, 9.17) is 0 Å². The van der Waals surface area contributed by atoms with Crippen LogP contribution in [0.15, 0.2) is 49.1 Å². The van der Waals surface area contributed by atoms with E-state index in [1.54, 1.807) is 0 Å². The summed E-state index contributed by atoms with van der Waals surface area (Å²) in [7, 11) is 4.49. The molecule has 0 aromatic heterocycles. The molecule has 0 bridgehead atoms. The van der Waals surface area contributed by atoms with Crippen molar-refractivity contribution in [3.63, 3.8) is 0 Å². The summed E-state index contributed by atoms with van der Waals surface area (Å²) in [4.78, 5) is 9.44. The quantitative estimate of drug-likeness (QED) is 0.224. The van der Waals surface area contributed by atoms with E-state index in [9.17, 15) is 0 Å². The summed E-state index contributed by atoms with van der Waals surface area (Å²) in [5.74, 6) is 0. The molecule has 0 saturated carbocycles. The van der Waals surface area contributed by atoms with Gasteiger partial charge in [0.25, 0.3) is 0 Å². The topological polar surface area (TPSA) is 13.0 Å². The van der Waals surface area contributed by atoms with Crippen molar-refractivity contribution in [2.45, 2.75) is 112 Å². The van der Waals surface area contributed by atoms with Crippen molar-refractivity contribution in [1.82, 2.24) is 19.6 Å². The fourth-order valence-electron chi connectivity index (χ4n) is 3.06. The van der Waals surface area contributed by atoms with Gasteiger partial charge in [0.1, 0.15) is 0 Å². The van der Waals surface area contributed by atoms with Gasteiger partial charge in [0.15, 0.2) is 0 Å². The molecule has 2 aliphatic heterocycles. The molecule has 1 aromatic carbocycles. The molecule has 0 saturated heterocycles. The van der Waals surface area contributed by atoms with Crippen molar-refractivity contribution in [3.8, 4) is 0 Å². The first-order valence-corrected chi connectivity index (χ1v) is 14.3. The second-order valence-corrected chi connectivity index (χ2v) is 13.0. The average Bonchev–Trinajstić information content (AvgIpc) is 3.40. The van der Waals surface area contributed by atoms with E-state index in [2.05, 4.69) is 174 Å². The van der Waals surface area contributed by atoms with Gasteiger partial charge in [-0.2, -0.15) is 35.9 Å². The number of aryl methyl sites for hydroxylation is 1. The number of hydrogen-bond acceptors (Lipinski definition) is 4. The molecule has 1 aromatic rings. The van der Waals surface area contributed by atoms with Crippen molar-refractivity contribution < 1.29 is 18.2 Å². The molecule has 6 heteroatoms. The summed E-state index contributed by atoms with van der Waals surface area (Å²) in [6.45, 7) is 30.9. The first-order valence-electron chi connectivity index (χ1n) is 12.3. The Balaban J connectivity index is 0.000000497. The van der Waals surface area contributed by atoms with E-state index in [0.717, 1.165) is 13.3 Å². The van der Waals surface area contributed by atoms with E-state index in [0.29, 0.717) is 0 Å². The predicted octanol–water partition coefficient (Wildman–Crippen LogP) is 7.74. The molecule has 0 radical (unpaired) electrons. The van der Waals surface area contributed by atoms with Gasteiger partial charge in [0, 0.05) is 47.0 Å². The molecular formula is C29H51ClN4Pd. The Morgan fingerprint density at radius 2 is 0.914 bits per heavy atom. The first kappa shape index (κ1) is 33.9. The number of nitrogens with zero attached hydrogens (tertiary/aromatic N) is 4. The molecule has 0 aliphatic carbocycles. The van der Waals surface area contributed by atoms with Gasteiger partial charge in [-0.25, -0.2) is 0 Å². The predicted molar refractivity (Wildman–Crippen MR) is 150 cm³/mol. The second kappa shape index (κ2) is 14.0. The van der Waals surface area contributed by atoms with Crippen LogP contribution in [0.25, 0.3) is 0 Å². The van der Waals surface area contributed by atoms with Crippen molar-refractivity contribution >= 4 is 9.53 Å². The fraction of sp³-hybridized carbons (Fsp3) is 0.655. The average molecular weight is 598 g/mol. The number of benzene rings is 1. The van der Waals surface area contributed by atoms with Crippen LogP contribution in [0.5, 0.6) is 0 Å². The van der Waals surface area contributed by atoms with Crippen LogP contribution in [-0.4, -0.2) is 55.1 Å². The van der Waals surface area contributed by atoms with Gasteiger partial charge in [0.05, 0.1) is 13.3 Å². The molecule has 35 heavy (non-hydrogen) atoms. The summed E-state index contributed by atoms with van der Waals surface area (Å²) in [5, 5.41) is 0. The molecule has 204 valence electrons. The Kier molecular flexibility index (Phi) is 13.5. The molecule has 3 rings (SSSR count). The third-order valence-corrected chi connectivity index (χ3v) is 5.77. The van der Waals surface area contributed by atoms with Crippen LogP contribution in [0.4, 0.5) is 0 Å². The van der Waals surface area contributed by atoms with Gasteiger partial charge in [-0.1, -0.05) is 6.92 Å². The molecule has 4 nitrogen and oxygen atoms in total. The maximum atomic E-state index is 4.49. The number of hydrogen-bond donors (Lipinski definition) is 0. The van der Waals surface area contributed by atoms with E-state index in [1.807, 2.05) is 18.2 Å². The molecule has 0 atom stereocenters. The van der Waals surface area contributed by atoms with Crippen molar-refractivity contribution in [2.75, 3.05) is 13.3 Å². The minimum absolute atomic E-state index is 0.233. The molecule has 0 N–H and O–H groups in total. The zero-order valence-corrected chi connectivity index (χ0v) is 26.8. The standard InChI is InChI=1S/2C11H22N2.C7H7.ClH.Pd/c2*1-10(2,3)12-7-8-13(9-12)11(4,5)6;1-7-5-3-2-4-6-7;;/h2*7-8H,9H2,1-6H3;2-3,5-6H,1H3;1H;/q;;-1;;+2/p-1. The van der Waals surface area contributed by atoms with Gasteiger partial charge < -0.3 is 19.6 Å². The summed E-state index contributed by atoms with van der Waals surface area (Å²) >= 11 is 2.22. The van der Waals surface area contributed by atoms with Crippen molar-refractivity contribution in [1.29, 1.82) is 0 Å². The Morgan fingerprint density at radius 3 is 1.03 bits per heavy atom. The Hall–Kier alpha value is -1.15. The first-order chi connectivity index (χ1) is 15.8. The van der Waals surface area contributed by atoms with Crippen LogP contribution in [0.1, 0.15) is 88.6 Å². The summed E-state index contributed by atoms with van der Waals surface area (Å²) < 4.78 is 0. The third-order valence-electron chi connectivity index (χ3n) is 5.77. The van der Waals surface area contributed by atoms with Crippen LogP contribution in [0, 0.1) is 13.0 Å². The number of rotatable bonds is 0. The fourth-order valence-corrected chi connectivity index (χ4v) is 3.06. The third kappa shape index (κ3) is 13.1. The van der Waals surface area contributed by atoms with Crippen LogP contribution >= 0.6 is 9.53 Å². The molecule has 0 spiro atoms.